The highest BCUT2D eigenvalue weighted by atomic mass is 19.4. The van der Waals surface area contributed by atoms with Gasteiger partial charge in [0, 0.05) is 18.9 Å². The molecule has 0 saturated carbocycles. The molecule has 0 aromatic carbocycles. The third-order valence-electron chi connectivity index (χ3n) is 2.24. The zero-order valence-corrected chi connectivity index (χ0v) is 10.5. The molecule has 0 radical (unpaired) electrons. The Balaban J connectivity index is 2.35. The first kappa shape index (κ1) is 15.0. The third-order valence-corrected chi connectivity index (χ3v) is 2.24. The number of rotatable bonds is 7. The molecule has 0 spiro atoms. The van der Waals surface area contributed by atoms with E-state index >= 15 is 0 Å². The average molecular weight is 265 g/mol. The highest BCUT2D eigenvalue weighted by molar-refractivity contribution is 4.91. The first-order chi connectivity index (χ1) is 8.38. The number of nitrogens with zero attached hydrogens (tertiary/aromatic N) is 2. The maximum Gasteiger partial charge on any atom is 0.522 e. The summed E-state index contributed by atoms with van der Waals surface area (Å²) in [5.74, 6) is 1.23. The molecule has 0 unspecified atom stereocenters. The van der Waals surface area contributed by atoms with Crippen molar-refractivity contribution in [1.29, 1.82) is 0 Å². The second-order valence-electron chi connectivity index (χ2n) is 4.36. The molecule has 0 aliphatic carbocycles. The van der Waals surface area contributed by atoms with E-state index in [-0.39, 0.29) is 6.54 Å². The molecular weight excluding hydrogens is 247 g/mol. The molecule has 7 heteroatoms. The molecule has 0 aliphatic rings. The van der Waals surface area contributed by atoms with Crippen molar-refractivity contribution < 1.29 is 17.9 Å². The Labute approximate surface area is 104 Å². The van der Waals surface area contributed by atoms with Gasteiger partial charge in [-0.05, 0) is 12.5 Å². The summed E-state index contributed by atoms with van der Waals surface area (Å²) < 4.78 is 40.8. The summed E-state index contributed by atoms with van der Waals surface area (Å²) in [6.07, 6.45) is -1.36. The van der Waals surface area contributed by atoms with Gasteiger partial charge >= 0.3 is 6.36 Å². The first-order valence-electron chi connectivity index (χ1n) is 5.80. The van der Waals surface area contributed by atoms with Gasteiger partial charge in [0.25, 0.3) is 0 Å². The monoisotopic (exact) mass is 265 g/mol. The van der Waals surface area contributed by atoms with Crippen LogP contribution in [0.3, 0.4) is 0 Å². The number of alkyl halides is 3. The normalized spacial score (nSPS) is 12.3. The lowest BCUT2D eigenvalue weighted by molar-refractivity contribution is -0.325. The number of nitrogens with one attached hydrogen (secondary N) is 1. The topological polar surface area (TPSA) is 39.1 Å². The highest BCUT2D eigenvalue weighted by Gasteiger charge is 2.28. The molecule has 1 aromatic heterocycles. The Hall–Kier alpha value is -1.08. The van der Waals surface area contributed by atoms with Crippen LogP contribution in [0.1, 0.15) is 19.7 Å². The number of ether oxygens (including phenoxy) is 1. The first-order valence-corrected chi connectivity index (χ1v) is 5.80. The van der Waals surface area contributed by atoms with E-state index in [4.69, 9.17) is 0 Å². The second kappa shape index (κ2) is 6.75. The minimum Gasteiger partial charge on any atom is -0.332 e. The van der Waals surface area contributed by atoms with Crippen LogP contribution >= 0.6 is 0 Å². The molecule has 1 aromatic rings. The van der Waals surface area contributed by atoms with E-state index in [1.165, 1.54) is 0 Å². The van der Waals surface area contributed by atoms with Gasteiger partial charge in [-0.2, -0.15) is 0 Å². The number of hydrogen-bond donors (Lipinski definition) is 1. The largest absolute Gasteiger partial charge is 0.522 e. The van der Waals surface area contributed by atoms with Gasteiger partial charge in [-0.25, -0.2) is 4.98 Å². The van der Waals surface area contributed by atoms with E-state index in [0.29, 0.717) is 18.3 Å². The van der Waals surface area contributed by atoms with Crippen molar-refractivity contribution in [2.24, 2.45) is 5.92 Å². The van der Waals surface area contributed by atoms with E-state index in [0.717, 1.165) is 6.54 Å². The lowest BCUT2D eigenvalue weighted by atomic mass is 10.2. The van der Waals surface area contributed by atoms with Crippen LogP contribution < -0.4 is 5.32 Å². The van der Waals surface area contributed by atoms with Gasteiger partial charge in [-0.3, -0.25) is 4.74 Å². The maximum atomic E-state index is 11.8. The summed E-state index contributed by atoms with van der Waals surface area (Å²) in [5, 5.41) is 3.19. The van der Waals surface area contributed by atoms with Gasteiger partial charge in [0.1, 0.15) is 5.82 Å². The Morgan fingerprint density at radius 3 is 2.78 bits per heavy atom. The predicted octanol–water partition coefficient (Wildman–Crippen LogP) is 2.17. The fourth-order valence-corrected chi connectivity index (χ4v) is 1.44. The average Bonchev–Trinajstić information content (AvgIpc) is 2.63. The number of hydrogen-bond acceptors (Lipinski definition) is 3. The van der Waals surface area contributed by atoms with Gasteiger partial charge in [0.2, 0.25) is 0 Å². The van der Waals surface area contributed by atoms with Crippen molar-refractivity contribution >= 4 is 0 Å². The number of halogens is 3. The Kier molecular flexibility index (Phi) is 5.61. The zero-order chi connectivity index (χ0) is 13.6. The maximum absolute atomic E-state index is 11.8. The number of imidazole rings is 1. The molecule has 1 heterocycles. The van der Waals surface area contributed by atoms with Crippen LogP contribution in [0, 0.1) is 5.92 Å². The summed E-state index contributed by atoms with van der Waals surface area (Å²) in [6.45, 7) is 5.27. The van der Waals surface area contributed by atoms with E-state index in [1.807, 2.05) is 0 Å². The van der Waals surface area contributed by atoms with Crippen LogP contribution in [0.4, 0.5) is 13.2 Å². The molecular formula is C11H18F3N3O. The van der Waals surface area contributed by atoms with E-state index in [9.17, 15) is 13.2 Å². The van der Waals surface area contributed by atoms with E-state index in [2.05, 4.69) is 28.9 Å². The molecule has 0 fully saturated rings. The summed E-state index contributed by atoms with van der Waals surface area (Å²) >= 11 is 0. The lowest BCUT2D eigenvalue weighted by Gasteiger charge is -2.11. The molecule has 1 N–H and O–H groups in total. The third kappa shape index (κ3) is 6.02. The molecule has 4 nitrogen and oxygen atoms in total. The Morgan fingerprint density at radius 2 is 2.17 bits per heavy atom. The number of aromatic nitrogens is 2. The highest BCUT2D eigenvalue weighted by Crippen LogP contribution is 2.15. The second-order valence-corrected chi connectivity index (χ2v) is 4.36. The molecule has 0 amide bonds. The molecule has 0 aliphatic heterocycles. The summed E-state index contributed by atoms with van der Waals surface area (Å²) in [6, 6.07) is 0. The van der Waals surface area contributed by atoms with Crippen molar-refractivity contribution in [2.75, 3.05) is 13.2 Å². The van der Waals surface area contributed by atoms with Gasteiger partial charge in [0.05, 0.1) is 13.2 Å². The van der Waals surface area contributed by atoms with Gasteiger partial charge in [-0.15, -0.1) is 13.2 Å². The predicted molar refractivity (Wildman–Crippen MR) is 60.8 cm³/mol. The van der Waals surface area contributed by atoms with Crippen molar-refractivity contribution in [3.8, 4) is 0 Å². The SMILES string of the molecule is CC(C)CNCc1nccn1CCOC(F)(F)F. The van der Waals surface area contributed by atoms with E-state index in [1.54, 1.807) is 17.0 Å². The molecule has 0 bridgehead atoms. The Morgan fingerprint density at radius 1 is 1.44 bits per heavy atom. The van der Waals surface area contributed by atoms with Crippen LogP contribution in [0.5, 0.6) is 0 Å². The fraction of sp³-hybridized carbons (Fsp3) is 0.727. The van der Waals surface area contributed by atoms with Crippen LogP contribution in [-0.4, -0.2) is 29.1 Å². The minimum absolute atomic E-state index is 0.137. The lowest BCUT2D eigenvalue weighted by Crippen LogP contribution is -2.23. The van der Waals surface area contributed by atoms with Crippen LogP contribution in [0.25, 0.3) is 0 Å². The molecule has 0 saturated heterocycles. The zero-order valence-electron chi connectivity index (χ0n) is 10.5. The van der Waals surface area contributed by atoms with Crippen LogP contribution in [-0.2, 0) is 17.8 Å². The molecule has 1 rings (SSSR count). The quantitative estimate of drug-likeness (QED) is 0.821. The van der Waals surface area contributed by atoms with Gasteiger partial charge in [0.15, 0.2) is 0 Å². The van der Waals surface area contributed by atoms with Gasteiger partial charge < -0.3 is 9.88 Å². The Bertz CT molecular complexity index is 350. The van der Waals surface area contributed by atoms with Gasteiger partial charge in [-0.1, -0.05) is 13.8 Å². The molecule has 104 valence electrons. The molecule has 18 heavy (non-hydrogen) atoms. The summed E-state index contributed by atoms with van der Waals surface area (Å²) in [7, 11) is 0. The van der Waals surface area contributed by atoms with E-state index < -0.39 is 13.0 Å². The minimum atomic E-state index is -4.57. The molecule has 0 atom stereocenters. The van der Waals surface area contributed by atoms with Crippen LogP contribution in [0.15, 0.2) is 12.4 Å². The van der Waals surface area contributed by atoms with Crippen LogP contribution in [0.2, 0.25) is 0 Å². The standard InChI is InChI=1S/C11H18F3N3O/c1-9(2)7-15-8-10-16-3-4-17(10)5-6-18-11(12,13)14/h3-4,9,15H,5-8H2,1-2H3. The van der Waals surface area contributed by atoms with Crippen molar-refractivity contribution in [3.05, 3.63) is 18.2 Å². The summed E-state index contributed by atoms with van der Waals surface area (Å²) in [5.41, 5.74) is 0. The fourth-order valence-electron chi connectivity index (χ4n) is 1.44. The smallest absolute Gasteiger partial charge is 0.332 e. The van der Waals surface area contributed by atoms with Crippen molar-refractivity contribution in [3.63, 3.8) is 0 Å². The van der Waals surface area contributed by atoms with Crippen molar-refractivity contribution in [1.82, 2.24) is 14.9 Å². The van der Waals surface area contributed by atoms with Crippen molar-refractivity contribution in [2.45, 2.75) is 33.3 Å². The summed E-state index contributed by atoms with van der Waals surface area (Å²) in [4.78, 5) is 4.09.